The number of amides is 1. The number of morpholine rings is 1. The summed E-state index contributed by atoms with van der Waals surface area (Å²) in [5.41, 5.74) is 2.56. The highest BCUT2D eigenvalue weighted by Gasteiger charge is 2.25. The van der Waals surface area contributed by atoms with Crippen LogP contribution in [0.2, 0.25) is 0 Å². The summed E-state index contributed by atoms with van der Waals surface area (Å²) in [6.07, 6.45) is 2.39. The Morgan fingerprint density at radius 3 is 2.57 bits per heavy atom. The van der Waals surface area contributed by atoms with Crippen LogP contribution in [0.3, 0.4) is 0 Å². The molecule has 3 aromatic heterocycles. The molecule has 6 rings (SSSR count). The largest absolute Gasteiger partial charge is 0.378 e. The Morgan fingerprint density at radius 2 is 1.80 bits per heavy atom. The summed E-state index contributed by atoms with van der Waals surface area (Å²) in [7, 11) is 1.87. The number of fused-ring (bicyclic) bond motifs is 5. The van der Waals surface area contributed by atoms with E-state index in [0.717, 1.165) is 30.7 Å². The first-order valence-electron chi connectivity index (χ1n) is 12.3. The fourth-order valence-corrected chi connectivity index (χ4v) is 5.33. The number of ether oxygens (including phenoxy) is 1. The predicted molar refractivity (Wildman–Crippen MR) is 134 cm³/mol. The zero-order valence-corrected chi connectivity index (χ0v) is 19.9. The van der Waals surface area contributed by atoms with Gasteiger partial charge in [-0.05, 0) is 44.1 Å². The molecule has 35 heavy (non-hydrogen) atoms. The van der Waals surface area contributed by atoms with Gasteiger partial charge in [-0.1, -0.05) is 12.1 Å². The van der Waals surface area contributed by atoms with Crippen molar-refractivity contribution in [2.45, 2.75) is 12.8 Å². The molecule has 2 fully saturated rings. The van der Waals surface area contributed by atoms with Crippen molar-refractivity contribution in [1.82, 2.24) is 29.4 Å². The van der Waals surface area contributed by atoms with E-state index in [2.05, 4.69) is 25.3 Å². The van der Waals surface area contributed by atoms with Gasteiger partial charge >= 0.3 is 0 Å². The number of aromatic nitrogens is 4. The van der Waals surface area contributed by atoms with E-state index in [1.807, 2.05) is 40.3 Å². The molecule has 2 aliphatic rings. The number of rotatable bonds is 5. The Kier molecular flexibility index (Phi) is 5.62. The maximum absolute atomic E-state index is 13.9. The Bertz CT molecular complexity index is 1480. The number of pyridine rings is 1. The normalized spacial score (nSPS) is 17.1. The number of para-hydroxylation sites is 2. The molecule has 0 radical (unpaired) electrons. The van der Waals surface area contributed by atoms with Crippen LogP contribution in [-0.2, 0) is 11.8 Å². The molecule has 4 aromatic rings. The molecule has 182 valence electrons. The molecule has 0 bridgehead atoms. The van der Waals surface area contributed by atoms with E-state index in [4.69, 9.17) is 4.74 Å². The van der Waals surface area contributed by atoms with Gasteiger partial charge in [0.25, 0.3) is 5.91 Å². The van der Waals surface area contributed by atoms with Gasteiger partial charge in [0.1, 0.15) is 11.2 Å². The second kappa shape index (κ2) is 8.94. The predicted octanol–water partition coefficient (Wildman–Crippen LogP) is 1.40. The minimum atomic E-state index is -0.357. The van der Waals surface area contributed by atoms with Crippen molar-refractivity contribution in [1.29, 1.82) is 0 Å². The van der Waals surface area contributed by atoms with Crippen molar-refractivity contribution in [3.63, 3.8) is 0 Å². The van der Waals surface area contributed by atoms with Crippen LogP contribution in [-0.4, -0.2) is 82.5 Å². The van der Waals surface area contributed by atoms with Crippen molar-refractivity contribution in [3.8, 4) is 0 Å². The fourth-order valence-electron chi connectivity index (χ4n) is 5.33. The first-order valence-corrected chi connectivity index (χ1v) is 12.3. The number of benzene rings is 1. The lowest BCUT2D eigenvalue weighted by Gasteiger charge is -2.27. The number of nitrogens with one attached hydrogen (secondary N) is 1. The van der Waals surface area contributed by atoms with Crippen LogP contribution in [0.25, 0.3) is 27.7 Å². The highest BCUT2D eigenvalue weighted by atomic mass is 16.5. The van der Waals surface area contributed by atoms with E-state index in [9.17, 15) is 9.59 Å². The van der Waals surface area contributed by atoms with E-state index in [0.29, 0.717) is 55.3 Å². The standard InChI is InChI=1S/C25H29N7O3/c1-29-18-6-2-3-7-19(18)32-23-17(16-20(27-28-23)31-12-14-35-15-13-31)22(33)21(25(29)32)24(34)26-8-11-30-9-4-5-10-30/h2-3,6-7,16H,4-5,8-15H2,1H3,(H,26,34). The Morgan fingerprint density at radius 1 is 1.06 bits per heavy atom. The van der Waals surface area contributed by atoms with Gasteiger partial charge in [0.05, 0.1) is 29.6 Å². The molecule has 1 aromatic carbocycles. The van der Waals surface area contributed by atoms with Crippen LogP contribution in [0.1, 0.15) is 23.2 Å². The number of likely N-dealkylation sites (tertiary alicyclic amines) is 1. The van der Waals surface area contributed by atoms with Gasteiger partial charge in [0.2, 0.25) is 5.43 Å². The summed E-state index contributed by atoms with van der Waals surface area (Å²) < 4.78 is 9.23. The van der Waals surface area contributed by atoms with Gasteiger partial charge in [-0.15, -0.1) is 10.2 Å². The number of hydrogen-bond acceptors (Lipinski definition) is 7. The Labute approximate surface area is 202 Å². The van der Waals surface area contributed by atoms with Crippen molar-refractivity contribution >= 4 is 39.4 Å². The highest BCUT2D eigenvalue weighted by Crippen LogP contribution is 2.26. The fraction of sp³-hybridized carbons (Fsp3) is 0.440. The molecule has 2 aliphatic heterocycles. The molecule has 2 saturated heterocycles. The van der Waals surface area contributed by atoms with Crippen LogP contribution in [0.4, 0.5) is 5.82 Å². The third-order valence-electron chi connectivity index (χ3n) is 7.16. The summed E-state index contributed by atoms with van der Waals surface area (Å²) in [6, 6.07) is 9.60. The minimum absolute atomic E-state index is 0.138. The third-order valence-corrected chi connectivity index (χ3v) is 7.16. The van der Waals surface area contributed by atoms with Gasteiger partial charge < -0.3 is 24.4 Å². The highest BCUT2D eigenvalue weighted by molar-refractivity contribution is 6.05. The number of carbonyl (C=O) groups is 1. The zero-order chi connectivity index (χ0) is 23.9. The van der Waals surface area contributed by atoms with Crippen LogP contribution in [0.5, 0.6) is 0 Å². The number of aryl methyl sites for hydroxylation is 1. The summed E-state index contributed by atoms with van der Waals surface area (Å²) in [5, 5.41) is 12.3. The minimum Gasteiger partial charge on any atom is -0.378 e. The average molecular weight is 476 g/mol. The van der Waals surface area contributed by atoms with E-state index in [1.165, 1.54) is 12.8 Å². The quantitative estimate of drug-likeness (QED) is 0.466. The molecule has 10 nitrogen and oxygen atoms in total. The maximum atomic E-state index is 13.9. The van der Waals surface area contributed by atoms with Crippen LogP contribution in [0.15, 0.2) is 35.1 Å². The Hall–Kier alpha value is -3.50. The van der Waals surface area contributed by atoms with Crippen LogP contribution in [0, 0.1) is 0 Å². The number of carbonyl (C=O) groups excluding carboxylic acids is 1. The summed E-state index contributed by atoms with van der Waals surface area (Å²) in [6.45, 7) is 5.97. The van der Waals surface area contributed by atoms with Crippen molar-refractivity contribution in [2.75, 3.05) is 57.4 Å². The molecular weight excluding hydrogens is 446 g/mol. The maximum Gasteiger partial charge on any atom is 0.259 e. The number of anilines is 1. The second-order valence-corrected chi connectivity index (χ2v) is 9.25. The van der Waals surface area contributed by atoms with E-state index >= 15 is 0 Å². The molecule has 0 saturated carbocycles. The van der Waals surface area contributed by atoms with Crippen LogP contribution >= 0.6 is 0 Å². The van der Waals surface area contributed by atoms with Gasteiger partial charge in [-0.2, -0.15) is 0 Å². The lowest BCUT2D eigenvalue weighted by Crippen LogP contribution is -2.37. The van der Waals surface area contributed by atoms with Crippen molar-refractivity contribution < 1.29 is 9.53 Å². The average Bonchev–Trinajstić information content (AvgIpc) is 3.51. The van der Waals surface area contributed by atoms with E-state index in [1.54, 1.807) is 6.07 Å². The summed E-state index contributed by atoms with van der Waals surface area (Å²) >= 11 is 0. The first-order chi connectivity index (χ1) is 17.1. The third kappa shape index (κ3) is 3.73. The topological polar surface area (TPSA) is 97.0 Å². The monoisotopic (exact) mass is 475 g/mol. The lowest BCUT2D eigenvalue weighted by molar-refractivity contribution is 0.0950. The molecule has 1 amide bonds. The summed E-state index contributed by atoms with van der Waals surface area (Å²) in [4.78, 5) is 31.7. The van der Waals surface area contributed by atoms with Gasteiger partial charge in [-0.3, -0.25) is 14.0 Å². The molecule has 10 heteroatoms. The molecule has 0 atom stereocenters. The molecule has 1 N–H and O–H groups in total. The number of imidazole rings is 1. The second-order valence-electron chi connectivity index (χ2n) is 9.25. The lowest BCUT2D eigenvalue weighted by atomic mass is 10.1. The number of hydrogen-bond donors (Lipinski definition) is 1. The Balaban J connectivity index is 1.51. The van der Waals surface area contributed by atoms with E-state index < -0.39 is 0 Å². The molecule has 0 unspecified atom stereocenters. The molecule has 0 aliphatic carbocycles. The molecule has 5 heterocycles. The SMILES string of the molecule is Cn1c2ccccc2n2c3nnc(N4CCOCC4)cc3c(=O)c(C(=O)NCCN3CCCC3)c12. The first kappa shape index (κ1) is 22.0. The van der Waals surface area contributed by atoms with Gasteiger partial charge in [0.15, 0.2) is 11.5 Å². The number of nitrogens with zero attached hydrogens (tertiary/aromatic N) is 6. The van der Waals surface area contributed by atoms with Gasteiger partial charge in [0, 0.05) is 33.2 Å². The van der Waals surface area contributed by atoms with E-state index in [-0.39, 0.29) is 16.9 Å². The molecule has 0 spiro atoms. The smallest absolute Gasteiger partial charge is 0.259 e. The van der Waals surface area contributed by atoms with Crippen LogP contribution < -0.4 is 15.6 Å². The van der Waals surface area contributed by atoms with Gasteiger partial charge in [-0.25, -0.2) is 0 Å². The molecular formula is C25H29N7O3. The van der Waals surface area contributed by atoms with Crippen molar-refractivity contribution in [3.05, 3.63) is 46.1 Å². The summed E-state index contributed by atoms with van der Waals surface area (Å²) in [5.74, 6) is 0.266. The van der Waals surface area contributed by atoms with Crippen molar-refractivity contribution in [2.24, 2.45) is 7.05 Å². The zero-order valence-electron chi connectivity index (χ0n) is 19.9.